The summed E-state index contributed by atoms with van der Waals surface area (Å²) in [5.41, 5.74) is -0.458. The largest absolute Gasteiger partial charge is 0.441 e. The molecule has 0 bridgehead atoms. The van der Waals surface area contributed by atoms with Gasteiger partial charge in [0.05, 0.1) is 11.3 Å². The Morgan fingerprint density at radius 3 is 2.55 bits per heavy atom. The molecule has 0 aliphatic carbocycles. The van der Waals surface area contributed by atoms with Crippen LogP contribution in [0.1, 0.15) is 26.7 Å². The number of hydrogen-bond donors (Lipinski definition) is 2. The zero-order valence-electron chi connectivity index (χ0n) is 12.8. The Kier molecular flexibility index (Phi) is 3.74. The molecule has 0 radical (unpaired) electrons. The van der Waals surface area contributed by atoms with Crippen LogP contribution in [0.2, 0.25) is 0 Å². The summed E-state index contributed by atoms with van der Waals surface area (Å²) in [7, 11) is 0. The van der Waals surface area contributed by atoms with Gasteiger partial charge >= 0.3 is 6.09 Å². The summed E-state index contributed by atoms with van der Waals surface area (Å²) in [5, 5.41) is 5.50. The smallest absolute Gasteiger partial charge is 0.407 e. The quantitative estimate of drug-likeness (QED) is 0.713. The maximum Gasteiger partial charge on any atom is 0.407 e. The second kappa shape index (κ2) is 5.33. The van der Waals surface area contributed by atoms with Crippen molar-refractivity contribution in [1.29, 1.82) is 0 Å². The minimum absolute atomic E-state index is 0.0384. The lowest BCUT2D eigenvalue weighted by molar-refractivity contribution is -0.139. The maximum atomic E-state index is 12.6. The number of piperidine rings is 1. The number of ether oxygens (including phenoxy) is 1. The number of alkyl carbamates (subject to hydrolysis) is 1. The van der Waals surface area contributed by atoms with E-state index in [2.05, 4.69) is 10.6 Å². The van der Waals surface area contributed by atoms with Crippen LogP contribution in [0.25, 0.3) is 0 Å². The van der Waals surface area contributed by atoms with Crippen molar-refractivity contribution in [2.24, 2.45) is 0 Å². The van der Waals surface area contributed by atoms with Crippen molar-refractivity contribution >= 4 is 29.7 Å². The first-order chi connectivity index (χ1) is 10.3. The first kappa shape index (κ1) is 15.5. The van der Waals surface area contributed by atoms with Crippen LogP contribution in [0.4, 0.5) is 4.79 Å². The number of nitrogens with one attached hydrogen (secondary N) is 2. The number of carbonyl (C=O) groups excluding carboxylic acids is 3. The zero-order chi connectivity index (χ0) is 16.0. The van der Waals surface area contributed by atoms with Gasteiger partial charge in [0.2, 0.25) is 11.8 Å². The molecule has 0 unspecified atom stereocenters. The Balaban J connectivity index is 1.56. The lowest BCUT2D eigenvalue weighted by atomic mass is 9.91. The van der Waals surface area contributed by atoms with Gasteiger partial charge in [-0.15, -0.1) is 11.8 Å². The van der Waals surface area contributed by atoms with E-state index in [4.69, 9.17) is 4.74 Å². The van der Waals surface area contributed by atoms with Crippen LogP contribution in [0.5, 0.6) is 0 Å². The molecule has 1 atom stereocenters. The summed E-state index contributed by atoms with van der Waals surface area (Å²) < 4.78 is 4.87. The molecule has 3 rings (SSSR count). The SMILES string of the molecule is CC1(C)SC[C@@H](C(=O)N2CCC3(CC2)CNC(=O)O3)NC1=O. The number of likely N-dealkylation sites (tertiary alicyclic amines) is 1. The van der Waals surface area contributed by atoms with Crippen LogP contribution >= 0.6 is 11.8 Å². The van der Waals surface area contributed by atoms with E-state index in [0.29, 0.717) is 38.2 Å². The van der Waals surface area contributed by atoms with E-state index in [1.54, 1.807) is 4.90 Å². The lowest BCUT2D eigenvalue weighted by Gasteiger charge is -2.40. The Morgan fingerprint density at radius 1 is 1.32 bits per heavy atom. The van der Waals surface area contributed by atoms with E-state index in [9.17, 15) is 14.4 Å². The molecule has 3 aliphatic rings. The van der Waals surface area contributed by atoms with Gasteiger partial charge in [-0.3, -0.25) is 9.59 Å². The molecule has 0 aromatic rings. The van der Waals surface area contributed by atoms with E-state index >= 15 is 0 Å². The molecule has 3 fully saturated rings. The highest BCUT2D eigenvalue weighted by atomic mass is 32.2. The average Bonchev–Trinajstić information content (AvgIpc) is 2.83. The average molecular weight is 327 g/mol. The van der Waals surface area contributed by atoms with Gasteiger partial charge in [0.1, 0.15) is 11.6 Å². The predicted molar refractivity (Wildman–Crippen MR) is 81.5 cm³/mol. The fourth-order valence-corrected chi connectivity index (χ4v) is 4.00. The second-order valence-corrected chi connectivity index (χ2v) is 8.24. The summed E-state index contributed by atoms with van der Waals surface area (Å²) in [6.07, 6.45) is 0.894. The molecule has 3 saturated heterocycles. The van der Waals surface area contributed by atoms with Crippen LogP contribution in [-0.4, -0.2) is 64.6 Å². The van der Waals surface area contributed by atoms with Gasteiger partial charge in [0.15, 0.2) is 0 Å². The van der Waals surface area contributed by atoms with Crippen molar-refractivity contribution in [2.45, 2.75) is 43.1 Å². The molecule has 122 valence electrons. The highest BCUT2D eigenvalue weighted by Crippen LogP contribution is 2.32. The number of amides is 3. The fraction of sp³-hybridized carbons (Fsp3) is 0.786. The normalized spacial score (nSPS) is 29.7. The summed E-state index contributed by atoms with van der Waals surface area (Å²) in [4.78, 5) is 37.5. The molecule has 8 heteroatoms. The van der Waals surface area contributed by atoms with E-state index < -0.39 is 16.4 Å². The van der Waals surface area contributed by atoms with E-state index in [-0.39, 0.29) is 17.9 Å². The molecule has 0 aromatic carbocycles. The Labute approximate surface area is 133 Å². The highest BCUT2D eigenvalue weighted by molar-refractivity contribution is 8.01. The van der Waals surface area contributed by atoms with E-state index in [1.165, 1.54) is 11.8 Å². The van der Waals surface area contributed by atoms with Crippen molar-refractivity contribution < 1.29 is 19.1 Å². The Morgan fingerprint density at radius 2 is 2.00 bits per heavy atom. The summed E-state index contributed by atoms with van der Waals surface area (Å²) in [5.74, 6) is 0.462. The van der Waals surface area contributed by atoms with Gasteiger partial charge in [-0.1, -0.05) is 0 Å². The topological polar surface area (TPSA) is 87.7 Å². The van der Waals surface area contributed by atoms with Crippen molar-refractivity contribution in [2.75, 3.05) is 25.4 Å². The molecular weight excluding hydrogens is 306 g/mol. The Bertz CT molecular complexity index is 514. The molecule has 3 heterocycles. The van der Waals surface area contributed by atoms with Gasteiger partial charge in [-0.25, -0.2) is 4.79 Å². The molecule has 3 aliphatic heterocycles. The monoisotopic (exact) mass is 327 g/mol. The molecule has 2 N–H and O–H groups in total. The first-order valence-electron chi connectivity index (χ1n) is 7.52. The molecule has 22 heavy (non-hydrogen) atoms. The third-order valence-corrected chi connectivity index (χ3v) is 6.02. The Hall–Kier alpha value is -1.44. The van der Waals surface area contributed by atoms with Crippen molar-refractivity contribution in [3.63, 3.8) is 0 Å². The predicted octanol–water partition coefficient (Wildman–Crippen LogP) is 0.0976. The number of thioether (sulfide) groups is 1. The number of carbonyl (C=O) groups is 3. The van der Waals surface area contributed by atoms with Crippen molar-refractivity contribution in [1.82, 2.24) is 15.5 Å². The minimum Gasteiger partial charge on any atom is -0.441 e. The molecule has 1 spiro atoms. The van der Waals surface area contributed by atoms with Gasteiger partial charge in [-0.05, 0) is 13.8 Å². The summed E-state index contributed by atoms with van der Waals surface area (Å²) in [6.45, 7) is 5.33. The second-order valence-electron chi connectivity index (χ2n) is 6.60. The lowest BCUT2D eigenvalue weighted by Crippen LogP contribution is -2.59. The maximum absolute atomic E-state index is 12.6. The number of rotatable bonds is 1. The third-order valence-electron chi connectivity index (χ3n) is 4.61. The van der Waals surface area contributed by atoms with E-state index in [1.807, 2.05) is 13.8 Å². The summed E-state index contributed by atoms with van der Waals surface area (Å²) >= 11 is 1.51. The first-order valence-corrected chi connectivity index (χ1v) is 8.50. The fourth-order valence-electron chi connectivity index (χ4n) is 3.00. The highest BCUT2D eigenvalue weighted by Gasteiger charge is 2.45. The standard InChI is InChI=1S/C14H21N3O4S/c1-13(2)11(19)16-9(7-22-13)10(18)17-5-3-14(4-6-17)8-15-12(20)21-14/h9H,3-8H2,1-2H3,(H,15,20)(H,16,19)/t9-/m0/s1. The van der Waals surface area contributed by atoms with Gasteiger partial charge < -0.3 is 20.3 Å². The molecular formula is C14H21N3O4S. The van der Waals surface area contributed by atoms with Crippen molar-refractivity contribution in [3.8, 4) is 0 Å². The molecule has 7 nitrogen and oxygen atoms in total. The van der Waals surface area contributed by atoms with Gasteiger partial charge in [0, 0.05) is 31.7 Å². The van der Waals surface area contributed by atoms with Crippen LogP contribution in [0.3, 0.4) is 0 Å². The van der Waals surface area contributed by atoms with E-state index in [0.717, 1.165) is 0 Å². The molecule has 3 amide bonds. The number of hydrogen-bond acceptors (Lipinski definition) is 5. The van der Waals surface area contributed by atoms with Gasteiger partial charge in [-0.2, -0.15) is 0 Å². The van der Waals surface area contributed by atoms with Crippen LogP contribution in [-0.2, 0) is 14.3 Å². The van der Waals surface area contributed by atoms with Crippen LogP contribution in [0, 0.1) is 0 Å². The minimum atomic E-state index is -0.480. The van der Waals surface area contributed by atoms with Crippen LogP contribution < -0.4 is 10.6 Å². The van der Waals surface area contributed by atoms with Gasteiger partial charge in [0.25, 0.3) is 0 Å². The van der Waals surface area contributed by atoms with Crippen LogP contribution in [0.15, 0.2) is 0 Å². The molecule has 0 aromatic heterocycles. The zero-order valence-corrected chi connectivity index (χ0v) is 13.6. The number of nitrogens with zero attached hydrogens (tertiary/aromatic N) is 1. The summed E-state index contributed by atoms with van der Waals surface area (Å²) in [6, 6.07) is -0.455. The third kappa shape index (κ3) is 2.76. The van der Waals surface area contributed by atoms with Crippen molar-refractivity contribution in [3.05, 3.63) is 0 Å². The molecule has 0 saturated carbocycles.